The van der Waals surface area contributed by atoms with Crippen molar-refractivity contribution in [2.75, 3.05) is 13.2 Å². The molecule has 0 bridgehead atoms. The third-order valence-corrected chi connectivity index (χ3v) is 9.53. The van der Waals surface area contributed by atoms with Gasteiger partial charge in [0.15, 0.2) is 17.5 Å². The molecule has 3 fully saturated rings. The molecule has 3 aliphatic rings. The molecule has 3 aromatic rings. The minimum absolute atomic E-state index is 0.182. The number of pyridine rings is 1. The van der Waals surface area contributed by atoms with Gasteiger partial charge in [-0.1, -0.05) is 53.7 Å². The van der Waals surface area contributed by atoms with Gasteiger partial charge in [-0.25, -0.2) is 14.8 Å². The molecular weight excluding hydrogens is 570 g/mol. The quantitative estimate of drug-likeness (QED) is 0.284. The number of alkyl halides is 1. The number of carbonyl (C=O) groups is 2. The lowest BCUT2D eigenvalue weighted by Crippen LogP contribution is -2.61. The fourth-order valence-electron chi connectivity index (χ4n) is 6.59. The van der Waals surface area contributed by atoms with Crippen LogP contribution >= 0.6 is 15.9 Å². The van der Waals surface area contributed by atoms with Gasteiger partial charge >= 0.3 is 5.97 Å². The fraction of sp³-hybridized carbons (Fsp3) is 0.516. The number of hydrogen-bond donors (Lipinski definition) is 1. The number of Topliss-reactive ketones (excluding diaryl/α,β-unsaturated/α-hetero) is 1. The van der Waals surface area contributed by atoms with Crippen LogP contribution in [-0.2, 0) is 20.7 Å². The van der Waals surface area contributed by atoms with Gasteiger partial charge in [-0.05, 0) is 69.0 Å². The molecule has 1 spiro atoms. The van der Waals surface area contributed by atoms with Gasteiger partial charge in [0.05, 0.1) is 18.1 Å². The molecule has 1 N–H and O–H groups in total. The van der Waals surface area contributed by atoms with E-state index in [9.17, 15) is 9.59 Å². The maximum absolute atomic E-state index is 13.0. The maximum atomic E-state index is 13.0. The smallest absolute Gasteiger partial charge is 0.331 e. The first-order chi connectivity index (χ1) is 19.5. The molecule has 8 nitrogen and oxygen atoms in total. The largest absolute Gasteiger partial charge is 0.464 e. The SMILES string of the molecule is CCOC(=O)[C@H](Cc1ccc(-n2c([C@@H]3CCCCN3)nc3cccnc32)cc1)N=C1C(Br)C(=O)C12CCCCC2. The number of ketones is 1. The summed E-state index contributed by atoms with van der Waals surface area (Å²) in [4.78, 5) is 40.1. The Hall–Kier alpha value is -2.91. The van der Waals surface area contributed by atoms with Crippen LogP contribution in [0, 0.1) is 5.41 Å². The van der Waals surface area contributed by atoms with Gasteiger partial charge in [0.25, 0.3) is 0 Å². The second-order valence-electron chi connectivity index (χ2n) is 11.2. The molecule has 9 heteroatoms. The minimum atomic E-state index is -0.689. The van der Waals surface area contributed by atoms with Crippen LogP contribution in [0.3, 0.4) is 0 Å². The molecule has 2 aliphatic carbocycles. The first-order valence-corrected chi connectivity index (χ1v) is 15.5. The van der Waals surface area contributed by atoms with Crippen molar-refractivity contribution in [3.05, 3.63) is 54.0 Å². The second kappa shape index (κ2) is 11.5. The number of nitrogens with zero attached hydrogens (tertiary/aromatic N) is 4. The second-order valence-corrected chi connectivity index (χ2v) is 12.1. The van der Waals surface area contributed by atoms with Crippen molar-refractivity contribution in [3.63, 3.8) is 0 Å². The van der Waals surface area contributed by atoms with Crippen LogP contribution in [0.15, 0.2) is 47.6 Å². The summed E-state index contributed by atoms with van der Waals surface area (Å²) in [6, 6.07) is 11.6. The molecule has 2 aromatic heterocycles. The third-order valence-electron chi connectivity index (χ3n) is 8.68. The van der Waals surface area contributed by atoms with E-state index in [1.54, 1.807) is 6.20 Å². The van der Waals surface area contributed by atoms with E-state index < -0.39 is 16.3 Å². The maximum Gasteiger partial charge on any atom is 0.331 e. The number of esters is 1. The average Bonchev–Trinajstić information content (AvgIpc) is 3.40. The van der Waals surface area contributed by atoms with Gasteiger partial charge in [0, 0.05) is 24.0 Å². The van der Waals surface area contributed by atoms with Crippen LogP contribution in [-0.4, -0.2) is 56.0 Å². The molecule has 0 amide bonds. The molecule has 210 valence electrons. The Morgan fingerprint density at radius 2 is 1.98 bits per heavy atom. The number of halogens is 1. The molecule has 1 aliphatic heterocycles. The zero-order chi connectivity index (χ0) is 27.7. The Balaban J connectivity index is 1.30. The molecule has 0 radical (unpaired) electrons. The number of hydrogen-bond acceptors (Lipinski definition) is 7. The van der Waals surface area contributed by atoms with Crippen molar-refractivity contribution in [1.82, 2.24) is 19.9 Å². The molecule has 40 heavy (non-hydrogen) atoms. The predicted octanol–water partition coefficient (Wildman–Crippen LogP) is 5.45. The molecule has 6 rings (SSSR count). The van der Waals surface area contributed by atoms with Crippen LogP contribution in [0.1, 0.15) is 75.7 Å². The van der Waals surface area contributed by atoms with E-state index in [1.165, 1.54) is 12.8 Å². The Morgan fingerprint density at radius 3 is 2.70 bits per heavy atom. The zero-order valence-electron chi connectivity index (χ0n) is 22.9. The summed E-state index contributed by atoms with van der Waals surface area (Å²) in [7, 11) is 0. The molecular formula is C31H36BrN5O3. The number of aromatic nitrogens is 3. The first-order valence-electron chi connectivity index (χ1n) is 14.6. The van der Waals surface area contributed by atoms with Crippen molar-refractivity contribution in [2.45, 2.75) is 81.6 Å². The summed E-state index contributed by atoms with van der Waals surface area (Å²) in [5, 5.41) is 3.62. The van der Waals surface area contributed by atoms with Crippen molar-refractivity contribution in [2.24, 2.45) is 10.4 Å². The van der Waals surface area contributed by atoms with Crippen LogP contribution in [0.4, 0.5) is 0 Å². The standard InChI is InChI=1S/C31H36BrN5O3/c1-2-40-30(39)24(35-26-25(32)27(38)31(26)15-5-3-6-16-31)19-20-11-13-21(14-12-20)37-28-23(10-8-18-34-28)36-29(37)22-9-4-7-17-33-22/h8,10-14,18,22,24-25,33H,2-7,9,15-17,19H2,1H3/t22-,24-,25?/m0/s1. The van der Waals surface area contributed by atoms with E-state index in [4.69, 9.17) is 14.7 Å². The number of carbonyl (C=O) groups excluding carboxylic acids is 2. The highest BCUT2D eigenvalue weighted by Gasteiger charge is 2.58. The summed E-state index contributed by atoms with van der Waals surface area (Å²) in [6.07, 6.45) is 10.4. The Morgan fingerprint density at radius 1 is 1.18 bits per heavy atom. The third kappa shape index (κ3) is 4.91. The summed E-state index contributed by atoms with van der Waals surface area (Å²) in [6.45, 7) is 3.08. The summed E-state index contributed by atoms with van der Waals surface area (Å²) in [5.74, 6) is 0.842. The van der Waals surface area contributed by atoms with Crippen LogP contribution in [0.5, 0.6) is 0 Å². The first kappa shape index (κ1) is 27.3. The number of piperidine rings is 1. The van der Waals surface area contributed by atoms with E-state index >= 15 is 0 Å². The van der Waals surface area contributed by atoms with Crippen molar-refractivity contribution in [3.8, 4) is 5.69 Å². The zero-order valence-corrected chi connectivity index (χ0v) is 24.5. The van der Waals surface area contributed by atoms with Crippen LogP contribution < -0.4 is 5.32 Å². The lowest BCUT2D eigenvalue weighted by molar-refractivity contribution is -0.144. The Bertz CT molecular complexity index is 1420. The highest BCUT2D eigenvalue weighted by atomic mass is 79.9. The van der Waals surface area contributed by atoms with Crippen LogP contribution in [0.2, 0.25) is 0 Å². The summed E-state index contributed by atoms with van der Waals surface area (Å²) in [5.41, 5.74) is 4.01. The van der Waals surface area contributed by atoms with Crippen molar-refractivity contribution in [1.29, 1.82) is 0 Å². The van der Waals surface area contributed by atoms with Gasteiger partial charge in [-0.3, -0.25) is 14.4 Å². The van der Waals surface area contributed by atoms with Gasteiger partial charge in [0.1, 0.15) is 16.2 Å². The van der Waals surface area contributed by atoms with Crippen molar-refractivity contribution < 1.29 is 14.3 Å². The van der Waals surface area contributed by atoms with E-state index in [-0.39, 0.29) is 17.8 Å². The Kier molecular flexibility index (Phi) is 7.86. The topological polar surface area (TPSA) is 98.5 Å². The summed E-state index contributed by atoms with van der Waals surface area (Å²) >= 11 is 3.54. The van der Waals surface area contributed by atoms with E-state index in [0.29, 0.717) is 13.0 Å². The van der Waals surface area contributed by atoms with Crippen molar-refractivity contribution >= 4 is 44.6 Å². The number of nitrogens with one attached hydrogen (secondary N) is 1. The number of aliphatic imine (C=N–C) groups is 1. The number of imidazole rings is 1. The molecule has 1 unspecified atom stereocenters. The fourth-order valence-corrected chi connectivity index (χ4v) is 7.58. The highest BCUT2D eigenvalue weighted by molar-refractivity contribution is 9.10. The molecule has 3 heterocycles. The number of ether oxygens (including phenoxy) is 1. The lowest BCUT2D eigenvalue weighted by atomic mass is 9.58. The number of fused-ring (bicyclic) bond motifs is 1. The summed E-state index contributed by atoms with van der Waals surface area (Å²) < 4.78 is 7.57. The average molecular weight is 607 g/mol. The van der Waals surface area contributed by atoms with E-state index in [1.807, 2.05) is 31.2 Å². The lowest BCUT2D eigenvalue weighted by Gasteiger charge is -2.47. The number of rotatable bonds is 7. The van der Waals surface area contributed by atoms with Gasteiger partial charge in [-0.15, -0.1) is 0 Å². The van der Waals surface area contributed by atoms with Gasteiger partial charge < -0.3 is 10.1 Å². The molecule has 3 atom stereocenters. The number of benzene rings is 1. The molecule has 2 saturated carbocycles. The highest BCUT2D eigenvalue weighted by Crippen LogP contribution is 2.49. The van der Waals surface area contributed by atoms with E-state index in [0.717, 1.165) is 79.0 Å². The normalized spacial score (nSPS) is 24.2. The minimum Gasteiger partial charge on any atom is -0.464 e. The predicted molar refractivity (Wildman–Crippen MR) is 158 cm³/mol. The Labute approximate surface area is 243 Å². The van der Waals surface area contributed by atoms with E-state index in [2.05, 4.69) is 42.9 Å². The van der Waals surface area contributed by atoms with Crippen LogP contribution in [0.25, 0.3) is 16.9 Å². The molecule has 1 saturated heterocycles. The monoisotopic (exact) mass is 605 g/mol. The molecule has 1 aromatic carbocycles. The van der Waals surface area contributed by atoms with Gasteiger partial charge in [-0.2, -0.15) is 0 Å². The van der Waals surface area contributed by atoms with Gasteiger partial charge in [0.2, 0.25) is 0 Å².